The fourth-order valence-electron chi connectivity index (χ4n) is 0.823. The predicted molar refractivity (Wildman–Crippen MR) is 52.5 cm³/mol. The van der Waals surface area contributed by atoms with Crippen LogP contribution in [0, 0.1) is 5.41 Å². The summed E-state index contributed by atoms with van der Waals surface area (Å²) >= 11 is 0. The molecule has 0 aliphatic rings. The summed E-state index contributed by atoms with van der Waals surface area (Å²) in [6.07, 6.45) is 3.99. The summed E-state index contributed by atoms with van der Waals surface area (Å²) in [4.78, 5) is 0. The number of hydrogen-bond acceptors (Lipinski definition) is 0. The molecule has 0 aromatic heterocycles. The SMILES string of the molecule is CCC(P)CCC(C)(C)C. The van der Waals surface area contributed by atoms with Crippen LogP contribution in [0.25, 0.3) is 0 Å². The van der Waals surface area contributed by atoms with Crippen LogP contribution in [-0.4, -0.2) is 5.66 Å². The van der Waals surface area contributed by atoms with E-state index in [4.69, 9.17) is 0 Å². The second kappa shape index (κ2) is 4.34. The second-order valence-electron chi connectivity index (χ2n) is 4.27. The highest BCUT2D eigenvalue weighted by molar-refractivity contribution is 7.17. The highest BCUT2D eigenvalue weighted by Gasteiger charge is 2.11. The van der Waals surface area contributed by atoms with E-state index >= 15 is 0 Å². The van der Waals surface area contributed by atoms with Crippen molar-refractivity contribution in [3.05, 3.63) is 0 Å². The van der Waals surface area contributed by atoms with Crippen LogP contribution in [-0.2, 0) is 0 Å². The second-order valence-corrected chi connectivity index (χ2v) is 5.21. The summed E-state index contributed by atoms with van der Waals surface area (Å²) < 4.78 is 0. The molecule has 0 aliphatic carbocycles. The molecule has 0 heterocycles. The standard InChI is InChI=1S/C9H21P/c1-5-8(10)6-7-9(2,3)4/h8H,5-7,10H2,1-4H3. The molecule has 10 heavy (non-hydrogen) atoms. The van der Waals surface area contributed by atoms with Gasteiger partial charge in [-0.25, -0.2) is 0 Å². The minimum Gasteiger partial charge on any atom is -0.134 e. The van der Waals surface area contributed by atoms with Crippen molar-refractivity contribution in [2.45, 2.75) is 52.6 Å². The van der Waals surface area contributed by atoms with Gasteiger partial charge in [0.15, 0.2) is 0 Å². The van der Waals surface area contributed by atoms with Crippen LogP contribution in [0.15, 0.2) is 0 Å². The first-order valence-electron chi connectivity index (χ1n) is 4.21. The van der Waals surface area contributed by atoms with Gasteiger partial charge in [0.25, 0.3) is 0 Å². The predicted octanol–water partition coefficient (Wildman–Crippen LogP) is 3.47. The third-order valence-corrected chi connectivity index (χ3v) is 2.59. The van der Waals surface area contributed by atoms with Gasteiger partial charge in [0, 0.05) is 0 Å². The third kappa shape index (κ3) is 6.55. The van der Waals surface area contributed by atoms with Gasteiger partial charge in [0.2, 0.25) is 0 Å². The Labute approximate surface area is 68.0 Å². The molecule has 0 saturated heterocycles. The highest BCUT2D eigenvalue weighted by atomic mass is 31.0. The van der Waals surface area contributed by atoms with Crippen molar-refractivity contribution in [1.82, 2.24) is 0 Å². The Morgan fingerprint density at radius 1 is 1.30 bits per heavy atom. The normalized spacial score (nSPS) is 15.3. The topological polar surface area (TPSA) is 0 Å². The van der Waals surface area contributed by atoms with Crippen LogP contribution < -0.4 is 0 Å². The lowest BCUT2D eigenvalue weighted by molar-refractivity contribution is 0.362. The fourth-order valence-corrected chi connectivity index (χ4v) is 0.989. The largest absolute Gasteiger partial charge is 0.134 e. The molecule has 2 atom stereocenters. The van der Waals surface area contributed by atoms with E-state index in [1.165, 1.54) is 19.3 Å². The molecule has 0 N–H and O–H groups in total. The minimum atomic E-state index is 0.518. The minimum absolute atomic E-state index is 0.518. The fraction of sp³-hybridized carbons (Fsp3) is 1.00. The van der Waals surface area contributed by atoms with E-state index in [9.17, 15) is 0 Å². The molecule has 0 aliphatic heterocycles. The van der Waals surface area contributed by atoms with E-state index < -0.39 is 0 Å². The van der Waals surface area contributed by atoms with Crippen LogP contribution in [0.3, 0.4) is 0 Å². The Kier molecular flexibility index (Phi) is 4.52. The van der Waals surface area contributed by atoms with Gasteiger partial charge < -0.3 is 0 Å². The maximum Gasteiger partial charge on any atom is -0.0267 e. The summed E-state index contributed by atoms with van der Waals surface area (Å²) in [5.74, 6) is 0. The Morgan fingerprint density at radius 2 is 1.80 bits per heavy atom. The van der Waals surface area contributed by atoms with Crippen LogP contribution in [0.4, 0.5) is 0 Å². The van der Waals surface area contributed by atoms with Crippen molar-refractivity contribution < 1.29 is 0 Å². The van der Waals surface area contributed by atoms with Gasteiger partial charge in [-0.15, -0.1) is 9.24 Å². The van der Waals surface area contributed by atoms with Crippen molar-refractivity contribution >= 4 is 9.24 Å². The molecule has 2 unspecified atom stereocenters. The van der Waals surface area contributed by atoms with Crippen molar-refractivity contribution in [2.75, 3.05) is 0 Å². The Hall–Kier alpha value is 0.430. The molecule has 0 fully saturated rings. The summed E-state index contributed by atoms with van der Waals surface area (Å²) in [7, 11) is 2.91. The third-order valence-electron chi connectivity index (χ3n) is 1.79. The quantitative estimate of drug-likeness (QED) is 0.554. The maximum absolute atomic E-state index is 2.91. The lowest BCUT2D eigenvalue weighted by Crippen LogP contribution is -2.08. The zero-order valence-electron chi connectivity index (χ0n) is 7.78. The smallest absolute Gasteiger partial charge is 0.0267 e. The molecule has 0 amide bonds. The molecule has 0 spiro atoms. The zero-order chi connectivity index (χ0) is 8.20. The molecule has 0 radical (unpaired) electrons. The Bertz CT molecular complexity index is 81.2. The molecule has 62 valence electrons. The van der Waals surface area contributed by atoms with Gasteiger partial charge in [-0.05, 0) is 30.3 Å². The van der Waals surface area contributed by atoms with E-state index in [1.54, 1.807) is 0 Å². The highest BCUT2D eigenvalue weighted by Crippen LogP contribution is 2.24. The van der Waals surface area contributed by atoms with Crippen molar-refractivity contribution in [2.24, 2.45) is 5.41 Å². The van der Waals surface area contributed by atoms with E-state index in [2.05, 4.69) is 36.9 Å². The van der Waals surface area contributed by atoms with Crippen molar-refractivity contribution in [3.63, 3.8) is 0 Å². The molecule has 1 heteroatoms. The van der Waals surface area contributed by atoms with Gasteiger partial charge in [0.1, 0.15) is 0 Å². The molecule has 0 saturated carbocycles. The molecule has 0 aromatic rings. The first-order valence-corrected chi connectivity index (χ1v) is 4.88. The Morgan fingerprint density at radius 3 is 2.10 bits per heavy atom. The van der Waals surface area contributed by atoms with Gasteiger partial charge in [-0.2, -0.15) is 0 Å². The van der Waals surface area contributed by atoms with Gasteiger partial charge in [-0.3, -0.25) is 0 Å². The van der Waals surface area contributed by atoms with E-state index in [1.807, 2.05) is 0 Å². The number of rotatable bonds is 3. The van der Waals surface area contributed by atoms with Crippen LogP contribution in [0.5, 0.6) is 0 Å². The van der Waals surface area contributed by atoms with Gasteiger partial charge in [-0.1, -0.05) is 27.7 Å². The average molecular weight is 160 g/mol. The first kappa shape index (κ1) is 10.4. The first-order chi connectivity index (χ1) is 4.45. The van der Waals surface area contributed by atoms with Crippen molar-refractivity contribution in [1.29, 1.82) is 0 Å². The summed E-state index contributed by atoms with van der Waals surface area (Å²) in [5, 5.41) is 0. The van der Waals surface area contributed by atoms with Gasteiger partial charge in [0.05, 0.1) is 0 Å². The summed E-state index contributed by atoms with van der Waals surface area (Å²) in [6, 6.07) is 0. The molecule has 0 aromatic carbocycles. The molecule has 0 nitrogen and oxygen atoms in total. The molecule has 0 bridgehead atoms. The van der Waals surface area contributed by atoms with Crippen molar-refractivity contribution in [3.8, 4) is 0 Å². The molecular formula is C9H21P. The monoisotopic (exact) mass is 160 g/mol. The molecule has 0 rings (SSSR count). The Balaban J connectivity index is 3.36. The van der Waals surface area contributed by atoms with Gasteiger partial charge >= 0.3 is 0 Å². The lowest BCUT2D eigenvalue weighted by atomic mass is 9.89. The van der Waals surface area contributed by atoms with E-state index in [-0.39, 0.29) is 0 Å². The van der Waals surface area contributed by atoms with Crippen LogP contribution in [0.2, 0.25) is 0 Å². The van der Waals surface area contributed by atoms with E-state index in [0.29, 0.717) is 5.41 Å². The molecular weight excluding hydrogens is 139 g/mol. The van der Waals surface area contributed by atoms with E-state index in [0.717, 1.165) is 5.66 Å². The number of hydrogen-bond donors (Lipinski definition) is 0. The maximum atomic E-state index is 2.91. The summed E-state index contributed by atoms with van der Waals surface area (Å²) in [6.45, 7) is 9.17. The van der Waals surface area contributed by atoms with Crippen LogP contribution >= 0.6 is 9.24 Å². The van der Waals surface area contributed by atoms with Crippen LogP contribution in [0.1, 0.15) is 47.0 Å². The zero-order valence-corrected chi connectivity index (χ0v) is 8.93. The average Bonchev–Trinajstić information content (AvgIpc) is 1.81. The summed E-state index contributed by atoms with van der Waals surface area (Å²) in [5.41, 5.74) is 1.35. The lowest BCUT2D eigenvalue weighted by Gasteiger charge is -2.19.